The van der Waals surface area contributed by atoms with Crippen LogP contribution in [0.5, 0.6) is 0 Å². The molecule has 0 spiro atoms. The summed E-state index contributed by atoms with van der Waals surface area (Å²) in [6.45, 7) is 0.897. The van der Waals surface area contributed by atoms with Gasteiger partial charge >= 0.3 is 0 Å². The summed E-state index contributed by atoms with van der Waals surface area (Å²) in [5, 5.41) is 1.33. The van der Waals surface area contributed by atoms with Crippen molar-refractivity contribution in [2.75, 3.05) is 12.8 Å². The number of aromatic nitrogens is 2. The van der Waals surface area contributed by atoms with Gasteiger partial charge in [-0.25, -0.2) is 18.4 Å². The van der Waals surface area contributed by atoms with E-state index in [4.69, 9.17) is 11.6 Å². The van der Waals surface area contributed by atoms with Crippen LogP contribution in [0.1, 0.15) is 10.4 Å². The average Bonchev–Trinajstić information content (AvgIpc) is 2.66. The second-order valence-electron chi connectivity index (χ2n) is 4.19. The van der Waals surface area contributed by atoms with Gasteiger partial charge in [-0.05, 0) is 12.0 Å². The number of hydrogen-bond acceptors (Lipinski definition) is 5. The third-order valence-corrected chi connectivity index (χ3v) is 5.69. The second kappa shape index (κ2) is 4.12. The lowest BCUT2D eigenvalue weighted by Crippen LogP contribution is -2.34. The lowest BCUT2D eigenvalue weighted by Gasteiger charge is -2.24. The Hall–Kier alpha value is -0.760. The number of sulfonamides is 1. The van der Waals surface area contributed by atoms with E-state index in [1.54, 1.807) is 0 Å². The van der Waals surface area contributed by atoms with Crippen molar-refractivity contribution in [3.8, 4) is 0 Å². The molecular weight excluding hydrogens is 294 g/mol. The number of rotatable bonds is 1. The highest BCUT2D eigenvalue weighted by molar-refractivity contribution is 7.88. The first-order valence-electron chi connectivity index (χ1n) is 5.32. The van der Waals surface area contributed by atoms with Crippen LogP contribution in [0.2, 0.25) is 5.15 Å². The highest BCUT2D eigenvalue weighted by atomic mass is 35.5. The number of thiophene rings is 1. The van der Waals surface area contributed by atoms with Crippen molar-refractivity contribution in [1.29, 1.82) is 0 Å². The topological polar surface area (TPSA) is 63.2 Å². The van der Waals surface area contributed by atoms with Gasteiger partial charge in [-0.15, -0.1) is 11.3 Å². The minimum absolute atomic E-state index is 0.408. The standard InChI is InChI=1S/C10H10ClN3O2S2/c1-18(15,16)14-3-2-6-7(4-14)17-10-8(6)9(11)12-5-13-10/h5H,2-4H2,1H3. The summed E-state index contributed by atoms with van der Waals surface area (Å²) in [4.78, 5) is 10.0. The van der Waals surface area contributed by atoms with Crippen molar-refractivity contribution in [2.45, 2.75) is 13.0 Å². The zero-order valence-corrected chi connectivity index (χ0v) is 11.9. The van der Waals surface area contributed by atoms with Crippen molar-refractivity contribution >= 4 is 43.2 Å². The summed E-state index contributed by atoms with van der Waals surface area (Å²) in [5.74, 6) is 0. The number of nitrogens with zero attached hydrogens (tertiary/aromatic N) is 3. The quantitative estimate of drug-likeness (QED) is 0.752. The van der Waals surface area contributed by atoms with Crippen LogP contribution in [0.4, 0.5) is 0 Å². The molecule has 0 bridgehead atoms. The predicted molar refractivity (Wildman–Crippen MR) is 71.4 cm³/mol. The van der Waals surface area contributed by atoms with E-state index in [9.17, 15) is 8.42 Å². The molecule has 0 aliphatic carbocycles. The van der Waals surface area contributed by atoms with Crippen LogP contribution in [0.15, 0.2) is 6.33 Å². The Balaban J connectivity index is 2.14. The fraction of sp³-hybridized carbons (Fsp3) is 0.400. The van der Waals surface area contributed by atoms with Crippen molar-refractivity contribution in [3.63, 3.8) is 0 Å². The average molecular weight is 304 g/mol. The van der Waals surface area contributed by atoms with Gasteiger partial charge in [0.1, 0.15) is 16.3 Å². The minimum atomic E-state index is -3.15. The van der Waals surface area contributed by atoms with Crippen LogP contribution < -0.4 is 0 Å². The molecule has 18 heavy (non-hydrogen) atoms. The van der Waals surface area contributed by atoms with Crippen LogP contribution in [0.25, 0.3) is 10.2 Å². The van der Waals surface area contributed by atoms with Crippen molar-refractivity contribution in [2.24, 2.45) is 0 Å². The molecule has 0 radical (unpaired) electrons. The molecule has 0 unspecified atom stereocenters. The van der Waals surface area contributed by atoms with Crippen LogP contribution in [0, 0.1) is 0 Å². The Morgan fingerprint density at radius 2 is 2.22 bits per heavy atom. The molecule has 2 aromatic heterocycles. The van der Waals surface area contributed by atoms with E-state index in [0.29, 0.717) is 24.7 Å². The molecule has 0 saturated carbocycles. The summed E-state index contributed by atoms with van der Waals surface area (Å²) >= 11 is 7.58. The lowest BCUT2D eigenvalue weighted by molar-refractivity contribution is 0.400. The first-order chi connectivity index (χ1) is 8.47. The van der Waals surface area contributed by atoms with Crippen LogP contribution in [-0.2, 0) is 23.0 Å². The third kappa shape index (κ3) is 1.91. The Morgan fingerprint density at radius 3 is 2.94 bits per heavy atom. The molecule has 0 aromatic carbocycles. The first kappa shape index (κ1) is 12.3. The Bertz CT molecular complexity index is 726. The molecule has 96 valence electrons. The molecule has 1 aliphatic rings. The summed E-state index contributed by atoms with van der Waals surface area (Å²) in [6, 6.07) is 0. The van der Waals surface area contributed by atoms with Gasteiger partial charge in [0.25, 0.3) is 0 Å². The van der Waals surface area contributed by atoms with Gasteiger partial charge in [-0.2, -0.15) is 4.31 Å². The van der Waals surface area contributed by atoms with Gasteiger partial charge in [0.2, 0.25) is 10.0 Å². The molecule has 3 heterocycles. The number of halogens is 1. The molecular formula is C10H10ClN3O2S2. The normalized spacial score (nSPS) is 17.0. The molecule has 0 saturated heterocycles. The molecule has 0 atom stereocenters. The predicted octanol–water partition coefficient (Wildman–Crippen LogP) is 1.66. The van der Waals surface area contributed by atoms with Gasteiger partial charge in [0, 0.05) is 18.0 Å². The van der Waals surface area contributed by atoms with E-state index in [0.717, 1.165) is 20.7 Å². The first-order valence-corrected chi connectivity index (χ1v) is 8.37. The van der Waals surface area contributed by atoms with Gasteiger partial charge in [0.15, 0.2) is 0 Å². The van der Waals surface area contributed by atoms with Crippen LogP contribution >= 0.6 is 22.9 Å². The second-order valence-corrected chi connectivity index (χ2v) is 7.62. The zero-order chi connectivity index (χ0) is 12.9. The number of hydrogen-bond donors (Lipinski definition) is 0. The fourth-order valence-corrected chi connectivity index (χ4v) is 4.52. The smallest absolute Gasteiger partial charge is 0.211 e. The molecule has 0 amide bonds. The molecule has 5 nitrogen and oxygen atoms in total. The van der Waals surface area contributed by atoms with Gasteiger partial charge in [-0.3, -0.25) is 0 Å². The maximum absolute atomic E-state index is 11.6. The van der Waals surface area contributed by atoms with E-state index in [1.165, 1.54) is 28.2 Å². The van der Waals surface area contributed by atoms with Gasteiger partial charge in [0.05, 0.1) is 11.6 Å². The molecule has 1 aliphatic heterocycles. The minimum Gasteiger partial charge on any atom is -0.225 e. The largest absolute Gasteiger partial charge is 0.225 e. The van der Waals surface area contributed by atoms with E-state index in [-0.39, 0.29) is 0 Å². The summed E-state index contributed by atoms with van der Waals surface area (Å²) in [7, 11) is -3.15. The lowest BCUT2D eigenvalue weighted by atomic mass is 10.1. The van der Waals surface area contributed by atoms with Crippen LogP contribution in [-0.4, -0.2) is 35.5 Å². The molecule has 3 rings (SSSR count). The van der Waals surface area contributed by atoms with Gasteiger partial charge < -0.3 is 0 Å². The zero-order valence-electron chi connectivity index (χ0n) is 9.55. The Labute approximate surface area is 113 Å². The number of fused-ring (bicyclic) bond motifs is 3. The molecule has 8 heteroatoms. The highest BCUT2D eigenvalue weighted by Gasteiger charge is 2.27. The summed E-state index contributed by atoms with van der Waals surface area (Å²) in [6.07, 6.45) is 3.33. The van der Waals surface area contributed by atoms with E-state index in [2.05, 4.69) is 9.97 Å². The van der Waals surface area contributed by atoms with E-state index >= 15 is 0 Å². The summed E-state index contributed by atoms with van der Waals surface area (Å²) < 4.78 is 24.6. The maximum atomic E-state index is 11.6. The van der Waals surface area contributed by atoms with Crippen molar-refractivity contribution in [1.82, 2.24) is 14.3 Å². The van der Waals surface area contributed by atoms with Crippen molar-refractivity contribution in [3.05, 3.63) is 21.9 Å². The Morgan fingerprint density at radius 1 is 1.44 bits per heavy atom. The highest BCUT2D eigenvalue weighted by Crippen LogP contribution is 2.37. The maximum Gasteiger partial charge on any atom is 0.211 e. The van der Waals surface area contributed by atoms with E-state index < -0.39 is 10.0 Å². The molecule has 0 N–H and O–H groups in total. The molecule has 2 aromatic rings. The third-order valence-electron chi connectivity index (χ3n) is 3.02. The fourth-order valence-electron chi connectivity index (χ4n) is 2.15. The summed E-state index contributed by atoms with van der Waals surface area (Å²) in [5.41, 5.74) is 1.10. The van der Waals surface area contributed by atoms with Gasteiger partial charge in [-0.1, -0.05) is 11.6 Å². The Kier molecular flexibility index (Phi) is 2.81. The van der Waals surface area contributed by atoms with Crippen LogP contribution in [0.3, 0.4) is 0 Å². The molecule has 0 fully saturated rings. The van der Waals surface area contributed by atoms with Crippen molar-refractivity contribution < 1.29 is 8.42 Å². The van der Waals surface area contributed by atoms with E-state index in [1.807, 2.05) is 0 Å². The SMILES string of the molecule is CS(=O)(=O)N1CCc2c(sc3ncnc(Cl)c23)C1. The monoisotopic (exact) mass is 303 g/mol.